The van der Waals surface area contributed by atoms with E-state index in [1.165, 1.54) is 0 Å². The Bertz CT molecular complexity index is 104. The van der Waals surface area contributed by atoms with Crippen molar-refractivity contribution in [1.29, 1.82) is 0 Å². The van der Waals surface area contributed by atoms with E-state index in [-0.39, 0.29) is 32.1 Å². The summed E-state index contributed by atoms with van der Waals surface area (Å²) < 4.78 is 0. The molecule has 0 aliphatic heterocycles. The number of hydrogen-bond donors (Lipinski definition) is 0. The van der Waals surface area contributed by atoms with Crippen molar-refractivity contribution >= 4 is 5.97 Å². The minimum absolute atomic E-state index is 0. The van der Waals surface area contributed by atoms with Crippen LogP contribution < -0.4 is 5.11 Å². The molecule has 0 radical (unpaired) electrons. The third-order valence-corrected chi connectivity index (χ3v) is 1.73. The SMILES string of the molecule is CCCCC(CC)C(=O)[O-].[Zr+4]. The number of rotatable bonds is 5. The van der Waals surface area contributed by atoms with Gasteiger partial charge in [0.05, 0.1) is 0 Å². The van der Waals surface area contributed by atoms with Crippen molar-refractivity contribution in [2.75, 3.05) is 0 Å². The second-order valence-electron chi connectivity index (χ2n) is 2.57. The van der Waals surface area contributed by atoms with Crippen molar-refractivity contribution < 1.29 is 36.1 Å². The molecule has 60 valence electrons. The maximum Gasteiger partial charge on any atom is 4.00 e. The van der Waals surface area contributed by atoms with Crippen molar-refractivity contribution in [2.24, 2.45) is 5.92 Å². The second kappa shape index (κ2) is 8.45. The van der Waals surface area contributed by atoms with Gasteiger partial charge in [0.2, 0.25) is 0 Å². The van der Waals surface area contributed by atoms with Crippen LogP contribution >= 0.6 is 0 Å². The first-order valence-corrected chi connectivity index (χ1v) is 3.93. The van der Waals surface area contributed by atoms with E-state index in [2.05, 4.69) is 6.92 Å². The van der Waals surface area contributed by atoms with Crippen molar-refractivity contribution in [1.82, 2.24) is 0 Å². The molecule has 0 N–H and O–H groups in total. The number of carboxylic acids is 1. The Balaban J connectivity index is 0. The average molecular weight is 234 g/mol. The first kappa shape index (κ1) is 13.9. The van der Waals surface area contributed by atoms with Crippen molar-refractivity contribution in [3.8, 4) is 0 Å². The van der Waals surface area contributed by atoms with Gasteiger partial charge >= 0.3 is 26.2 Å². The van der Waals surface area contributed by atoms with Gasteiger partial charge in [-0.3, -0.25) is 0 Å². The summed E-state index contributed by atoms with van der Waals surface area (Å²) in [6.07, 6.45) is 3.52. The molecule has 2 nitrogen and oxygen atoms in total. The third-order valence-electron chi connectivity index (χ3n) is 1.73. The Labute approximate surface area is 87.5 Å². The molecule has 0 aromatic heterocycles. The van der Waals surface area contributed by atoms with E-state index < -0.39 is 5.97 Å². The molecular formula is C8H15O2Zr+3. The summed E-state index contributed by atoms with van der Waals surface area (Å²) in [5.41, 5.74) is 0. The van der Waals surface area contributed by atoms with Crippen LogP contribution in [0.2, 0.25) is 0 Å². The van der Waals surface area contributed by atoms with E-state index in [1.54, 1.807) is 0 Å². The van der Waals surface area contributed by atoms with Crippen LogP contribution in [0.15, 0.2) is 0 Å². The van der Waals surface area contributed by atoms with Gasteiger partial charge in [0.25, 0.3) is 0 Å². The minimum Gasteiger partial charge on any atom is -0.550 e. The van der Waals surface area contributed by atoms with E-state index in [9.17, 15) is 9.90 Å². The molecule has 0 aliphatic carbocycles. The minimum atomic E-state index is -0.893. The smallest absolute Gasteiger partial charge is 0.550 e. The molecule has 0 saturated carbocycles. The van der Waals surface area contributed by atoms with E-state index >= 15 is 0 Å². The summed E-state index contributed by atoms with van der Waals surface area (Å²) in [6.45, 7) is 3.94. The Morgan fingerprint density at radius 2 is 2.00 bits per heavy atom. The first-order chi connectivity index (χ1) is 4.72. The zero-order valence-corrected chi connectivity index (χ0v) is 9.68. The molecule has 0 spiro atoms. The molecule has 0 amide bonds. The van der Waals surface area contributed by atoms with Crippen LogP contribution in [-0.2, 0) is 31.0 Å². The van der Waals surface area contributed by atoms with E-state index in [0.29, 0.717) is 6.42 Å². The largest absolute Gasteiger partial charge is 4.00 e. The standard InChI is InChI=1S/C8H16O2.Zr/c1-3-5-6-7(4-2)8(9)10;/h7H,3-6H2,1-2H3,(H,9,10);/q;+4/p-1. The fourth-order valence-corrected chi connectivity index (χ4v) is 0.939. The molecule has 0 aromatic rings. The normalized spacial score (nSPS) is 11.8. The van der Waals surface area contributed by atoms with Crippen LogP contribution in [0.25, 0.3) is 0 Å². The van der Waals surface area contributed by atoms with Gasteiger partial charge in [-0.25, -0.2) is 0 Å². The second-order valence-corrected chi connectivity index (χ2v) is 2.57. The van der Waals surface area contributed by atoms with Crippen LogP contribution in [0.3, 0.4) is 0 Å². The van der Waals surface area contributed by atoms with Crippen LogP contribution in [0, 0.1) is 5.92 Å². The number of carboxylic acid groups (broad SMARTS) is 1. The van der Waals surface area contributed by atoms with Gasteiger partial charge in [0.1, 0.15) is 0 Å². The predicted octanol–water partition coefficient (Wildman–Crippen LogP) is 0.950. The van der Waals surface area contributed by atoms with Crippen LogP contribution in [0.4, 0.5) is 0 Å². The zero-order valence-electron chi connectivity index (χ0n) is 7.22. The predicted molar refractivity (Wildman–Crippen MR) is 38.3 cm³/mol. The van der Waals surface area contributed by atoms with E-state index in [4.69, 9.17) is 0 Å². The summed E-state index contributed by atoms with van der Waals surface area (Å²) >= 11 is 0. The molecular weight excluding hydrogens is 219 g/mol. The Morgan fingerprint density at radius 1 is 1.45 bits per heavy atom. The van der Waals surface area contributed by atoms with Gasteiger partial charge in [-0.2, -0.15) is 0 Å². The molecule has 0 aromatic carbocycles. The molecule has 1 unspecified atom stereocenters. The number of unbranched alkanes of at least 4 members (excludes halogenated alkanes) is 1. The molecule has 0 aliphatic rings. The fraction of sp³-hybridized carbons (Fsp3) is 0.875. The van der Waals surface area contributed by atoms with Gasteiger partial charge < -0.3 is 9.90 Å². The van der Waals surface area contributed by atoms with Crippen LogP contribution in [-0.4, -0.2) is 5.97 Å². The summed E-state index contributed by atoms with van der Waals surface area (Å²) in [5.74, 6) is -1.11. The molecule has 0 heterocycles. The number of hydrogen-bond acceptors (Lipinski definition) is 2. The van der Waals surface area contributed by atoms with Crippen molar-refractivity contribution in [2.45, 2.75) is 39.5 Å². The van der Waals surface area contributed by atoms with Gasteiger partial charge in [-0.1, -0.05) is 26.7 Å². The molecule has 0 fully saturated rings. The molecule has 3 heteroatoms. The molecule has 0 rings (SSSR count). The molecule has 0 bridgehead atoms. The molecule has 11 heavy (non-hydrogen) atoms. The summed E-state index contributed by atoms with van der Waals surface area (Å²) in [6, 6.07) is 0. The third kappa shape index (κ3) is 6.74. The number of carbonyl (C=O) groups is 1. The van der Waals surface area contributed by atoms with E-state index in [0.717, 1.165) is 19.3 Å². The van der Waals surface area contributed by atoms with Crippen molar-refractivity contribution in [3.05, 3.63) is 0 Å². The summed E-state index contributed by atoms with van der Waals surface area (Å²) in [7, 11) is 0. The maximum absolute atomic E-state index is 10.3. The average Bonchev–Trinajstić information content (AvgIpc) is 1.89. The van der Waals surface area contributed by atoms with Crippen molar-refractivity contribution in [3.63, 3.8) is 0 Å². The number of aliphatic carboxylic acids is 1. The van der Waals surface area contributed by atoms with E-state index in [1.807, 2.05) is 6.92 Å². The van der Waals surface area contributed by atoms with Gasteiger partial charge in [-0.15, -0.1) is 0 Å². The number of carbonyl (C=O) groups excluding carboxylic acids is 1. The van der Waals surface area contributed by atoms with Crippen LogP contribution in [0.5, 0.6) is 0 Å². The van der Waals surface area contributed by atoms with Crippen LogP contribution in [0.1, 0.15) is 39.5 Å². The Hall–Kier alpha value is 0.353. The van der Waals surface area contributed by atoms with Gasteiger partial charge in [0, 0.05) is 5.97 Å². The monoisotopic (exact) mass is 233 g/mol. The van der Waals surface area contributed by atoms with Gasteiger partial charge in [-0.05, 0) is 18.8 Å². The zero-order chi connectivity index (χ0) is 7.98. The maximum atomic E-state index is 10.3. The Kier molecular flexibility index (Phi) is 10.7. The summed E-state index contributed by atoms with van der Waals surface area (Å²) in [5, 5.41) is 10.3. The van der Waals surface area contributed by atoms with Gasteiger partial charge in [0.15, 0.2) is 0 Å². The Morgan fingerprint density at radius 3 is 2.27 bits per heavy atom. The summed E-state index contributed by atoms with van der Waals surface area (Å²) in [4.78, 5) is 10.3. The quantitative estimate of drug-likeness (QED) is 0.710. The molecule has 1 atom stereocenters. The molecule has 0 saturated heterocycles. The topological polar surface area (TPSA) is 40.1 Å². The first-order valence-electron chi connectivity index (χ1n) is 3.93. The fourth-order valence-electron chi connectivity index (χ4n) is 0.939.